The van der Waals surface area contributed by atoms with E-state index in [4.69, 9.17) is 0 Å². The Kier molecular flexibility index (Phi) is 4.42. The quantitative estimate of drug-likeness (QED) is 0.575. The van der Waals surface area contributed by atoms with E-state index in [9.17, 15) is 10.1 Å². The van der Waals surface area contributed by atoms with Crippen LogP contribution in [0.1, 0.15) is 27.0 Å². The molecule has 0 unspecified atom stereocenters. The fourth-order valence-corrected chi connectivity index (χ4v) is 3.33. The molecule has 0 bridgehead atoms. The van der Waals surface area contributed by atoms with Crippen LogP contribution in [0.3, 0.4) is 0 Å². The number of nitriles is 1. The minimum Gasteiger partial charge on any atom is -0.367 e. The van der Waals surface area contributed by atoms with Gasteiger partial charge in [-0.15, -0.1) is 0 Å². The van der Waals surface area contributed by atoms with Crippen molar-refractivity contribution in [2.75, 3.05) is 12.4 Å². The van der Waals surface area contributed by atoms with Gasteiger partial charge in [-0.05, 0) is 48.4 Å². The molecule has 0 aliphatic heterocycles. The second-order valence-corrected chi connectivity index (χ2v) is 6.59. The average molecular weight is 369 g/mol. The number of hydrogen-bond acceptors (Lipinski definition) is 4. The van der Waals surface area contributed by atoms with Crippen LogP contribution in [-0.4, -0.2) is 22.3 Å². The lowest BCUT2D eigenvalue weighted by molar-refractivity contribution is 0.0963. The third kappa shape index (κ3) is 2.93. The summed E-state index contributed by atoms with van der Waals surface area (Å²) in [5.41, 5.74) is 5.59. The van der Waals surface area contributed by atoms with Gasteiger partial charge < -0.3 is 10.6 Å². The number of pyridine rings is 1. The number of amides is 1. The number of rotatable bonds is 4. The standard InChI is InChI=1S/C22H19N5O/c1-14-11-20(25-13-15-7-9-16(10-8-15)22(28)24-2)27-19-6-4-3-5-18(19)26-21(27)17(14)12-23/h3-11,25H,13H2,1-2H3,(H,24,28). The number of carbonyl (C=O) groups excluding carboxylic acids is 1. The highest BCUT2D eigenvalue weighted by molar-refractivity contribution is 5.94. The van der Waals surface area contributed by atoms with Crippen LogP contribution in [-0.2, 0) is 6.54 Å². The zero-order valence-corrected chi connectivity index (χ0v) is 15.7. The highest BCUT2D eigenvalue weighted by Crippen LogP contribution is 2.26. The van der Waals surface area contributed by atoms with Gasteiger partial charge in [0.15, 0.2) is 5.65 Å². The monoisotopic (exact) mass is 369 g/mol. The van der Waals surface area contributed by atoms with E-state index in [1.165, 1.54) is 0 Å². The summed E-state index contributed by atoms with van der Waals surface area (Å²) in [5.74, 6) is 0.768. The maximum Gasteiger partial charge on any atom is 0.251 e. The average Bonchev–Trinajstić information content (AvgIpc) is 3.11. The van der Waals surface area contributed by atoms with Crippen molar-refractivity contribution in [3.05, 3.63) is 76.9 Å². The molecule has 4 aromatic rings. The maximum atomic E-state index is 11.7. The van der Waals surface area contributed by atoms with Crippen molar-refractivity contribution in [3.63, 3.8) is 0 Å². The first-order chi connectivity index (χ1) is 13.6. The van der Waals surface area contributed by atoms with E-state index in [-0.39, 0.29) is 5.91 Å². The summed E-state index contributed by atoms with van der Waals surface area (Å²) in [6.07, 6.45) is 0. The van der Waals surface area contributed by atoms with E-state index in [2.05, 4.69) is 21.7 Å². The molecule has 0 radical (unpaired) electrons. The van der Waals surface area contributed by atoms with Crippen molar-refractivity contribution in [3.8, 4) is 6.07 Å². The molecule has 6 heteroatoms. The summed E-state index contributed by atoms with van der Waals surface area (Å²) in [4.78, 5) is 16.3. The second-order valence-electron chi connectivity index (χ2n) is 6.59. The number of carbonyl (C=O) groups is 1. The number of aromatic nitrogens is 2. The summed E-state index contributed by atoms with van der Waals surface area (Å²) in [6.45, 7) is 2.50. The molecule has 4 rings (SSSR count). The molecule has 0 aliphatic carbocycles. The van der Waals surface area contributed by atoms with Gasteiger partial charge in [-0.25, -0.2) is 4.98 Å². The van der Waals surface area contributed by atoms with Crippen LogP contribution in [0.15, 0.2) is 54.6 Å². The minimum absolute atomic E-state index is 0.103. The molecule has 0 spiro atoms. The predicted octanol–water partition coefficient (Wildman–Crippen LogP) is 3.64. The molecule has 2 heterocycles. The van der Waals surface area contributed by atoms with Crippen molar-refractivity contribution >= 4 is 28.4 Å². The van der Waals surface area contributed by atoms with Gasteiger partial charge in [-0.3, -0.25) is 9.20 Å². The Morgan fingerprint density at radius 2 is 1.93 bits per heavy atom. The minimum atomic E-state index is -0.103. The van der Waals surface area contributed by atoms with Crippen molar-refractivity contribution in [2.45, 2.75) is 13.5 Å². The highest BCUT2D eigenvalue weighted by Gasteiger charge is 2.14. The summed E-state index contributed by atoms with van der Waals surface area (Å²) in [5, 5.41) is 15.6. The molecule has 1 amide bonds. The first-order valence-corrected chi connectivity index (χ1v) is 8.98. The molecular weight excluding hydrogens is 350 g/mol. The fraction of sp³-hybridized carbons (Fsp3) is 0.136. The summed E-state index contributed by atoms with van der Waals surface area (Å²) >= 11 is 0. The van der Waals surface area contributed by atoms with E-state index in [1.54, 1.807) is 7.05 Å². The molecule has 0 aliphatic rings. The smallest absolute Gasteiger partial charge is 0.251 e. The van der Waals surface area contributed by atoms with Crippen LogP contribution < -0.4 is 10.6 Å². The van der Waals surface area contributed by atoms with Gasteiger partial charge in [0, 0.05) is 19.2 Å². The van der Waals surface area contributed by atoms with E-state index in [1.807, 2.05) is 65.9 Å². The lowest BCUT2D eigenvalue weighted by Crippen LogP contribution is -2.17. The third-order valence-corrected chi connectivity index (χ3v) is 4.80. The Morgan fingerprint density at radius 1 is 1.18 bits per heavy atom. The van der Waals surface area contributed by atoms with E-state index in [0.29, 0.717) is 23.3 Å². The SMILES string of the molecule is CNC(=O)c1ccc(CNc2cc(C)c(C#N)c3nc4ccccc4n23)cc1. The molecule has 2 aromatic carbocycles. The van der Waals surface area contributed by atoms with Crippen LogP contribution in [0, 0.1) is 18.3 Å². The number of imidazole rings is 1. The molecule has 2 aromatic heterocycles. The topological polar surface area (TPSA) is 82.2 Å². The van der Waals surface area contributed by atoms with Crippen LogP contribution in [0.2, 0.25) is 0 Å². The second kappa shape index (κ2) is 7.05. The molecule has 0 fully saturated rings. The molecule has 28 heavy (non-hydrogen) atoms. The summed E-state index contributed by atoms with van der Waals surface area (Å²) in [6, 6.07) is 19.6. The van der Waals surface area contributed by atoms with Gasteiger partial charge in [0.25, 0.3) is 5.91 Å². The Morgan fingerprint density at radius 3 is 2.64 bits per heavy atom. The van der Waals surface area contributed by atoms with Gasteiger partial charge in [0.1, 0.15) is 11.9 Å². The molecule has 0 atom stereocenters. The number of hydrogen-bond donors (Lipinski definition) is 2. The first kappa shape index (κ1) is 17.6. The molecule has 0 saturated carbocycles. The number of aryl methyl sites for hydroxylation is 1. The molecule has 0 saturated heterocycles. The fourth-order valence-electron chi connectivity index (χ4n) is 3.33. The number of benzene rings is 2. The molecule has 138 valence electrons. The number of fused-ring (bicyclic) bond motifs is 3. The summed E-state index contributed by atoms with van der Waals surface area (Å²) in [7, 11) is 1.62. The van der Waals surface area contributed by atoms with Crippen molar-refractivity contribution in [1.82, 2.24) is 14.7 Å². The third-order valence-electron chi connectivity index (χ3n) is 4.80. The summed E-state index contributed by atoms with van der Waals surface area (Å²) < 4.78 is 1.99. The van der Waals surface area contributed by atoms with Gasteiger partial charge in [-0.1, -0.05) is 24.3 Å². The van der Waals surface area contributed by atoms with Gasteiger partial charge >= 0.3 is 0 Å². The van der Waals surface area contributed by atoms with Crippen LogP contribution in [0.25, 0.3) is 16.7 Å². The van der Waals surface area contributed by atoms with Crippen LogP contribution in [0.5, 0.6) is 0 Å². The zero-order chi connectivity index (χ0) is 19.7. The van der Waals surface area contributed by atoms with Crippen molar-refractivity contribution in [1.29, 1.82) is 5.26 Å². The normalized spacial score (nSPS) is 10.8. The number of nitrogens with one attached hydrogen (secondary N) is 2. The molecule has 2 N–H and O–H groups in total. The van der Waals surface area contributed by atoms with Crippen LogP contribution >= 0.6 is 0 Å². The van der Waals surface area contributed by atoms with E-state index < -0.39 is 0 Å². The zero-order valence-electron chi connectivity index (χ0n) is 15.7. The number of nitrogens with zero attached hydrogens (tertiary/aromatic N) is 3. The molecule has 6 nitrogen and oxygen atoms in total. The lowest BCUT2D eigenvalue weighted by atomic mass is 10.1. The largest absolute Gasteiger partial charge is 0.367 e. The van der Waals surface area contributed by atoms with Crippen LogP contribution in [0.4, 0.5) is 5.82 Å². The number of anilines is 1. The van der Waals surface area contributed by atoms with E-state index >= 15 is 0 Å². The van der Waals surface area contributed by atoms with Gasteiger partial charge in [-0.2, -0.15) is 5.26 Å². The van der Waals surface area contributed by atoms with E-state index in [0.717, 1.165) is 28.0 Å². The maximum absolute atomic E-state index is 11.7. The van der Waals surface area contributed by atoms with Gasteiger partial charge in [0.05, 0.1) is 16.6 Å². The first-order valence-electron chi connectivity index (χ1n) is 8.98. The van der Waals surface area contributed by atoms with Crippen molar-refractivity contribution < 1.29 is 4.79 Å². The predicted molar refractivity (Wildman–Crippen MR) is 109 cm³/mol. The molecular formula is C22H19N5O. The Labute approximate surface area is 162 Å². The highest BCUT2D eigenvalue weighted by atomic mass is 16.1. The van der Waals surface area contributed by atoms with Crippen molar-refractivity contribution in [2.24, 2.45) is 0 Å². The Hall–Kier alpha value is -3.85. The lowest BCUT2D eigenvalue weighted by Gasteiger charge is -2.13. The Balaban J connectivity index is 1.73. The number of para-hydroxylation sites is 2. The van der Waals surface area contributed by atoms with Gasteiger partial charge in [0.2, 0.25) is 0 Å². The Bertz CT molecular complexity index is 1230.